The van der Waals surface area contributed by atoms with Gasteiger partial charge in [-0.2, -0.15) is 0 Å². The number of hydrogen-bond donors (Lipinski definition) is 2. The molecule has 0 bridgehead atoms. The molecule has 0 radical (unpaired) electrons. The van der Waals surface area contributed by atoms with E-state index in [0.717, 1.165) is 35.5 Å². The lowest BCUT2D eigenvalue weighted by Gasteiger charge is -2.17. The van der Waals surface area contributed by atoms with Gasteiger partial charge in [0.05, 0.1) is 11.3 Å². The predicted octanol–water partition coefficient (Wildman–Crippen LogP) is 3.11. The fourth-order valence-electron chi connectivity index (χ4n) is 3.60. The molecule has 31 heavy (non-hydrogen) atoms. The molecule has 2 aromatic heterocycles. The fourth-order valence-corrected chi connectivity index (χ4v) is 3.60. The molecule has 0 spiro atoms. The molecule has 4 rings (SSSR count). The highest BCUT2D eigenvalue weighted by atomic mass is 16.2. The number of hydrogen-bond acceptors (Lipinski definition) is 5. The van der Waals surface area contributed by atoms with Crippen molar-refractivity contribution in [1.82, 2.24) is 20.2 Å². The van der Waals surface area contributed by atoms with E-state index in [1.807, 2.05) is 47.4 Å². The lowest BCUT2D eigenvalue weighted by atomic mass is 10.1. The minimum absolute atomic E-state index is 0.176. The maximum absolute atomic E-state index is 12.4. The summed E-state index contributed by atoms with van der Waals surface area (Å²) in [4.78, 5) is 34.6. The number of nitrogens with zero attached hydrogens (tertiary/aromatic N) is 3. The second-order valence-electron chi connectivity index (χ2n) is 7.43. The summed E-state index contributed by atoms with van der Waals surface area (Å²) in [5.41, 5.74) is 4.14. The van der Waals surface area contributed by atoms with Gasteiger partial charge in [0.15, 0.2) is 0 Å². The van der Waals surface area contributed by atoms with Crippen molar-refractivity contribution in [2.24, 2.45) is 0 Å². The molecule has 2 N–H and O–H groups in total. The number of likely N-dealkylation sites (tertiary alicyclic amines) is 1. The Balaban J connectivity index is 1.38. The lowest BCUT2D eigenvalue weighted by Crippen LogP contribution is -2.30. The molecule has 2 amide bonds. The van der Waals surface area contributed by atoms with Crippen molar-refractivity contribution in [2.45, 2.75) is 19.4 Å². The third-order valence-corrected chi connectivity index (χ3v) is 5.27. The minimum atomic E-state index is -0.176. The Morgan fingerprint density at radius 1 is 1.06 bits per heavy atom. The number of para-hydroxylation sites is 1. The number of carbonyl (C=O) groups excluding carboxylic acids is 2. The zero-order valence-electron chi connectivity index (χ0n) is 17.3. The third-order valence-electron chi connectivity index (χ3n) is 5.27. The van der Waals surface area contributed by atoms with Crippen molar-refractivity contribution in [3.63, 3.8) is 0 Å². The molecule has 1 aliphatic rings. The van der Waals surface area contributed by atoms with E-state index in [0.29, 0.717) is 31.6 Å². The molecule has 3 aromatic rings. The predicted molar refractivity (Wildman–Crippen MR) is 119 cm³/mol. The highest BCUT2D eigenvalue weighted by molar-refractivity contribution is 5.94. The molecule has 158 valence electrons. The highest BCUT2D eigenvalue weighted by Crippen LogP contribution is 2.26. The van der Waals surface area contributed by atoms with Crippen LogP contribution >= 0.6 is 0 Å². The second kappa shape index (κ2) is 9.84. The third kappa shape index (κ3) is 5.25. The molecule has 7 heteroatoms. The molecule has 1 aliphatic heterocycles. The van der Waals surface area contributed by atoms with Crippen LogP contribution in [0.15, 0.2) is 67.1 Å². The van der Waals surface area contributed by atoms with Crippen molar-refractivity contribution >= 4 is 17.5 Å². The van der Waals surface area contributed by atoms with Crippen LogP contribution in [0.1, 0.15) is 28.8 Å². The number of aromatic nitrogens is 2. The summed E-state index contributed by atoms with van der Waals surface area (Å²) < 4.78 is 0. The summed E-state index contributed by atoms with van der Waals surface area (Å²) in [6, 6.07) is 15.3. The first-order valence-corrected chi connectivity index (χ1v) is 10.4. The van der Waals surface area contributed by atoms with Crippen LogP contribution in [-0.2, 0) is 11.3 Å². The number of amides is 2. The highest BCUT2D eigenvalue weighted by Gasteiger charge is 2.19. The number of nitrogens with one attached hydrogen (secondary N) is 2. The first-order valence-electron chi connectivity index (χ1n) is 10.4. The Bertz CT molecular complexity index is 1040. The van der Waals surface area contributed by atoms with Crippen LogP contribution in [0.5, 0.6) is 0 Å². The van der Waals surface area contributed by atoms with Gasteiger partial charge >= 0.3 is 0 Å². The molecule has 1 fully saturated rings. The Kier molecular flexibility index (Phi) is 6.52. The van der Waals surface area contributed by atoms with Gasteiger partial charge in [0, 0.05) is 62.4 Å². The van der Waals surface area contributed by atoms with Crippen molar-refractivity contribution in [1.29, 1.82) is 0 Å². The Morgan fingerprint density at radius 3 is 2.71 bits per heavy atom. The molecule has 0 aliphatic carbocycles. The minimum Gasteiger partial charge on any atom is -0.383 e. The quantitative estimate of drug-likeness (QED) is 0.590. The molecule has 3 heterocycles. The van der Waals surface area contributed by atoms with Crippen LogP contribution in [-0.4, -0.2) is 46.3 Å². The summed E-state index contributed by atoms with van der Waals surface area (Å²) in [6.07, 6.45) is 6.62. The average molecular weight is 415 g/mol. The van der Waals surface area contributed by atoms with Crippen LogP contribution in [0.25, 0.3) is 11.3 Å². The van der Waals surface area contributed by atoms with E-state index in [9.17, 15) is 9.59 Å². The van der Waals surface area contributed by atoms with Gasteiger partial charge in [-0.15, -0.1) is 0 Å². The maximum atomic E-state index is 12.4. The van der Waals surface area contributed by atoms with Gasteiger partial charge in [-0.3, -0.25) is 19.6 Å². The van der Waals surface area contributed by atoms with E-state index < -0.39 is 0 Å². The van der Waals surface area contributed by atoms with Gasteiger partial charge in [-0.05, 0) is 36.2 Å². The molecule has 7 nitrogen and oxygen atoms in total. The normalized spacial score (nSPS) is 13.3. The van der Waals surface area contributed by atoms with E-state index in [1.54, 1.807) is 24.7 Å². The van der Waals surface area contributed by atoms with Gasteiger partial charge in [0.1, 0.15) is 0 Å². The van der Waals surface area contributed by atoms with Crippen LogP contribution in [0.4, 0.5) is 5.69 Å². The average Bonchev–Trinajstić information content (AvgIpc) is 3.23. The largest absolute Gasteiger partial charge is 0.383 e. The van der Waals surface area contributed by atoms with Gasteiger partial charge in [-0.25, -0.2) is 0 Å². The second-order valence-corrected chi connectivity index (χ2v) is 7.43. The summed E-state index contributed by atoms with van der Waals surface area (Å²) >= 11 is 0. The zero-order chi connectivity index (χ0) is 21.5. The van der Waals surface area contributed by atoms with Crippen molar-refractivity contribution < 1.29 is 9.59 Å². The number of rotatable bonds is 8. The van der Waals surface area contributed by atoms with E-state index in [4.69, 9.17) is 0 Å². The van der Waals surface area contributed by atoms with Gasteiger partial charge in [0.25, 0.3) is 5.91 Å². The zero-order valence-corrected chi connectivity index (χ0v) is 17.3. The molecule has 0 unspecified atom stereocenters. The van der Waals surface area contributed by atoms with Crippen molar-refractivity contribution in [3.8, 4) is 11.3 Å². The van der Waals surface area contributed by atoms with Gasteiger partial charge in [0.2, 0.25) is 5.91 Å². The molecule has 0 atom stereocenters. The molecule has 1 saturated heterocycles. The number of carbonyl (C=O) groups is 2. The molecular formula is C24H25N5O2. The first kappa shape index (κ1) is 20.5. The van der Waals surface area contributed by atoms with Crippen molar-refractivity contribution in [2.75, 3.05) is 25.0 Å². The van der Waals surface area contributed by atoms with Crippen LogP contribution < -0.4 is 10.6 Å². The van der Waals surface area contributed by atoms with Crippen LogP contribution in [0, 0.1) is 0 Å². The summed E-state index contributed by atoms with van der Waals surface area (Å²) in [5, 5.41) is 6.30. The number of anilines is 1. The summed E-state index contributed by atoms with van der Waals surface area (Å²) in [6.45, 7) is 2.63. The van der Waals surface area contributed by atoms with Crippen molar-refractivity contribution in [3.05, 3.63) is 78.2 Å². The van der Waals surface area contributed by atoms with Crippen LogP contribution in [0.2, 0.25) is 0 Å². The molecule has 0 saturated carbocycles. The standard InChI is InChI=1S/C24H25N5O2/c30-23-8-4-13-29(23)14-12-26-21-7-2-1-6-20(21)22-10-9-19(17-27-22)24(31)28-16-18-5-3-11-25-15-18/h1-3,5-7,9-11,15,17,26H,4,8,12-14,16H2,(H,28,31). The maximum Gasteiger partial charge on any atom is 0.253 e. The summed E-state index contributed by atoms with van der Waals surface area (Å²) in [7, 11) is 0. The first-order chi connectivity index (χ1) is 15.2. The Labute approximate surface area is 181 Å². The van der Waals surface area contributed by atoms with E-state index >= 15 is 0 Å². The van der Waals surface area contributed by atoms with Gasteiger partial charge < -0.3 is 15.5 Å². The lowest BCUT2D eigenvalue weighted by molar-refractivity contribution is -0.127. The topological polar surface area (TPSA) is 87.2 Å². The number of pyridine rings is 2. The molecular weight excluding hydrogens is 390 g/mol. The van der Waals surface area contributed by atoms with Gasteiger partial charge in [-0.1, -0.05) is 24.3 Å². The SMILES string of the molecule is O=C(NCc1cccnc1)c1ccc(-c2ccccc2NCCN2CCCC2=O)nc1. The fraction of sp³-hybridized carbons (Fsp3) is 0.250. The smallest absolute Gasteiger partial charge is 0.253 e. The van der Waals surface area contributed by atoms with E-state index in [1.165, 1.54) is 0 Å². The Morgan fingerprint density at radius 2 is 1.97 bits per heavy atom. The summed E-state index contributed by atoms with van der Waals surface area (Å²) in [5.74, 6) is 0.0544. The monoisotopic (exact) mass is 415 g/mol. The molecule has 1 aromatic carbocycles. The van der Waals surface area contributed by atoms with E-state index in [2.05, 4.69) is 20.6 Å². The van der Waals surface area contributed by atoms with E-state index in [-0.39, 0.29) is 11.8 Å². The van der Waals surface area contributed by atoms with Crippen LogP contribution in [0.3, 0.4) is 0 Å². The Hall–Kier alpha value is -3.74. The number of benzene rings is 1.